The van der Waals surface area contributed by atoms with Crippen molar-refractivity contribution < 1.29 is 24.1 Å². The number of para-hydroxylation sites is 2. The quantitative estimate of drug-likeness (QED) is 0.765. The van der Waals surface area contributed by atoms with Crippen molar-refractivity contribution in [3.63, 3.8) is 0 Å². The maximum Gasteiger partial charge on any atom is 0.260 e. The molecule has 7 heteroatoms. The maximum atomic E-state index is 12.8. The zero-order valence-corrected chi connectivity index (χ0v) is 18.3. The highest BCUT2D eigenvalue weighted by Gasteiger charge is 2.44. The number of likely N-dealkylation sites (tertiary alicyclic amines) is 1. The van der Waals surface area contributed by atoms with E-state index >= 15 is 0 Å². The van der Waals surface area contributed by atoms with Crippen molar-refractivity contribution in [3.05, 3.63) is 47.8 Å². The van der Waals surface area contributed by atoms with Crippen LogP contribution in [0.4, 0.5) is 0 Å². The molecule has 2 aliphatic rings. The molecule has 1 aliphatic carbocycles. The van der Waals surface area contributed by atoms with E-state index < -0.39 is 6.10 Å². The van der Waals surface area contributed by atoms with Crippen LogP contribution >= 0.6 is 0 Å². The third kappa shape index (κ3) is 4.77. The van der Waals surface area contributed by atoms with Gasteiger partial charge in [0.1, 0.15) is 11.9 Å². The Bertz CT molecular complexity index is 934. The third-order valence-electron chi connectivity index (χ3n) is 6.31. The van der Waals surface area contributed by atoms with Crippen molar-refractivity contribution in [1.82, 2.24) is 9.88 Å². The van der Waals surface area contributed by atoms with E-state index in [1.807, 2.05) is 43.0 Å². The number of aryl methyl sites for hydroxylation is 2. The number of benzene rings is 1. The van der Waals surface area contributed by atoms with Crippen LogP contribution in [0.5, 0.6) is 17.2 Å². The highest BCUT2D eigenvalue weighted by molar-refractivity contribution is 5.78. The van der Waals surface area contributed by atoms with Crippen LogP contribution in [0.15, 0.2) is 36.4 Å². The zero-order chi connectivity index (χ0) is 22.0. The first-order chi connectivity index (χ1) is 14.9. The minimum atomic E-state index is -0.554. The number of amides is 1. The molecule has 1 amide bonds. The molecule has 2 aromatic rings. The van der Waals surface area contributed by atoms with Gasteiger partial charge in [0.05, 0.1) is 18.9 Å². The van der Waals surface area contributed by atoms with E-state index in [2.05, 4.69) is 4.98 Å². The Balaban J connectivity index is 1.34. The van der Waals surface area contributed by atoms with E-state index in [0.29, 0.717) is 42.7 Å². The number of hydrogen-bond donors (Lipinski definition) is 1. The summed E-state index contributed by atoms with van der Waals surface area (Å²) in [5.41, 5.74) is 1.76. The Kier molecular flexibility index (Phi) is 6.32. The van der Waals surface area contributed by atoms with Crippen LogP contribution in [-0.2, 0) is 4.79 Å². The Hall–Kier alpha value is -2.80. The molecule has 31 heavy (non-hydrogen) atoms. The van der Waals surface area contributed by atoms with E-state index in [-0.39, 0.29) is 24.5 Å². The highest BCUT2D eigenvalue weighted by atomic mass is 16.5. The van der Waals surface area contributed by atoms with Gasteiger partial charge in [-0.3, -0.25) is 9.78 Å². The number of pyridine rings is 1. The summed E-state index contributed by atoms with van der Waals surface area (Å²) in [6, 6.07) is 11.1. The molecule has 1 saturated heterocycles. The number of carbonyl (C=O) groups excluding carboxylic acids is 1. The Morgan fingerprint density at radius 1 is 1.06 bits per heavy atom. The Labute approximate surface area is 182 Å². The van der Waals surface area contributed by atoms with Crippen molar-refractivity contribution in [2.24, 2.45) is 11.8 Å². The second-order valence-electron chi connectivity index (χ2n) is 8.49. The number of fused-ring (bicyclic) bond motifs is 1. The predicted octanol–water partition coefficient (Wildman–Crippen LogP) is 2.76. The molecule has 0 unspecified atom stereocenters. The number of aliphatic hydroxyl groups is 1. The first kappa shape index (κ1) is 21.4. The summed E-state index contributed by atoms with van der Waals surface area (Å²) in [6.45, 7) is 5.14. The molecule has 4 rings (SSSR count). The van der Waals surface area contributed by atoms with Crippen LogP contribution < -0.4 is 14.2 Å². The molecule has 1 N–H and O–H groups in total. The molecule has 0 radical (unpaired) electrons. The molecule has 1 aliphatic heterocycles. The number of nitrogens with zero attached hydrogens (tertiary/aromatic N) is 2. The number of aromatic nitrogens is 1. The van der Waals surface area contributed by atoms with Gasteiger partial charge in [0.25, 0.3) is 5.91 Å². The zero-order valence-electron chi connectivity index (χ0n) is 18.3. The lowest BCUT2D eigenvalue weighted by atomic mass is 9.78. The normalized spacial score (nSPS) is 25.1. The van der Waals surface area contributed by atoms with Crippen LogP contribution in [0, 0.1) is 25.7 Å². The lowest BCUT2D eigenvalue weighted by Crippen LogP contribution is -2.42. The van der Waals surface area contributed by atoms with E-state index in [0.717, 1.165) is 17.8 Å². The predicted molar refractivity (Wildman–Crippen MR) is 115 cm³/mol. The largest absolute Gasteiger partial charge is 0.493 e. The van der Waals surface area contributed by atoms with Gasteiger partial charge in [0.2, 0.25) is 0 Å². The molecule has 0 spiro atoms. The summed E-state index contributed by atoms with van der Waals surface area (Å²) in [5, 5.41) is 10.7. The summed E-state index contributed by atoms with van der Waals surface area (Å²) in [7, 11) is 1.58. The van der Waals surface area contributed by atoms with Crippen molar-refractivity contribution in [2.75, 3.05) is 26.8 Å². The topological polar surface area (TPSA) is 81.1 Å². The number of hydrogen-bond acceptors (Lipinski definition) is 6. The van der Waals surface area contributed by atoms with Gasteiger partial charge in [0, 0.05) is 18.8 Å². The van der Waals surface area contributed by atoms with E-state index in [4.69, 9.17) is 14.2 Å². The lowest BCUT2D eigenvalue weighted by molar-refractivity contribution is -0.132. The van der Waals surface area contributed by atoms with Gasteiger partial charge in [-0.25, -0.2) is 0 Å². The standard InChI is InChI=1S/C24H30N2O5/c1-15-8-9-20(16(2)25-15)31-23-11-18-13-26(12-17(18)10-19(23)27)24(28)14-30-22-7-5-4-6-21(22)29-3/h4-9,17-19,23,27H,10-14H2,1-3H3/t17-,18+,19+,23+/m0/s1. The minimum absolute atomic E-state index is 0.0312. The molecule has 1 saturated carbocycles. The molecule has 4 atom stereocenters. The molecule has 2 heterocycles. The summed E-state index contributed by atoms with van der Waals surface area (Å²) in [4.78, 5) is 19.0. The average molecular weight is 427 g/mol. The number of methoxy groups -OCH3 is 1. The second kappa shape index (κ2) is 9.14. The van der Waals surface area contributed by atoms with Gasteiger partial charge in [-0.05, 0) is 62.8 Å². The number of ether oxygens (including phenoxy) is 3. The molecular weight excluding hydrogens is 396 g/mol. The summed E-state index contributed by atoms with van der Waals surface area (Å²) < 4.78 is 17.1. The van der Waals surface area contributed by atoms with Crippen LogP contribution in [-0.4, -0.2) is 59.9 Å². The van der Waals surface area contributed by atoms with E-state index in [1.54, 1.807) is 19.2 Å². The molecule has 7 nitrogen and oxygen atoms in total. The molecule has 2 fully saturated rings. The Morgan fingerprint density at radius 3 is 2.48 bits per heavy atom. The summed E-state index contributed by atoms with van der Waals surface area (Å²) in [6.07, 6.45) is 0.507. The summed E-state index contributed by atoms with van der Waals surface area (Å²) in [5.74, 6) is 2.41. The van der Waals surface area contributed by atoms with Gasteiger partial charge >= 0.3 is 0 Å². The SMILES string of the molecule is COc1ccccc1OCC(=O)N1C[C@H]2C[C@@H](Oc3ccc(C)nc3C)[C@H](O)C[C@H]2C1. The van der Waals surface area contributed by atoms with Crippen molar-refractivity contribution in [1.29, 1.82) is 0 Å². The van der Waals surface area contributed by atoms with Crippen LogP contribution in [0.2, 0.25) is 0 Å². The van der Waals surface area contributed by atoms with Crippen molar-refractivity contribution in [3.8, 4) is 17.2 Å². The summed E-state index contributed by atoms with van der Waals surface area (Å²) >= 11 is 0. The molecule has 1 aromatic heterocycles. The maximum absolute atomic E-state index is 12.8. The lowest BCUT2D eigenvalue weighted by Gasteiger charge is -2.35. The van der Waals surface area contributed by atoms with E-state index in [1.165, 1.54) is 0 Å². The van der Waals surface area contributed by atoms with E-state index in [9.17, 15) is 9.90 Å². The van der Waals surface area contributed by atoms with Crippen LogP contribution in [0.25, 0.3) is 0 Å². The molecule has 166 valence electrons. The Morgan fingerprint density at radius 2 is 1.77 bits per heavy atom. The van der Waals surface area contributed by atoms with Gasteiger partial charge in [-0.15, -0.1) is 0 Å². The number of rotatable bonds is 6. The minimum Gasteiger partial charge on any atom is -0.493 e. The molecule has 1 aromatic carbocycles. The first-order valence-corrected chi connectivity index (χ1v) is 10.8. The van der Waals surface area contributed by atoms with Crippen molar-refractivity contribution >= 4 is 5.91 Å². The van der Waals surface area contributed by atoms with Gasteiger partial charge in [-0.1, -0.05) is 12.1 Å². The molecule has 0 bridgehead atoms. The molecular formula is C24H30N2O5. The van der Waals surface area contributed by atoms with Gasteiger partial charge < -0.3 is 24.2 Å². The van der Waals surface area contributed by atoms with Gasteiger partial charge in [-0.2, -0.15) is 0 Å². The van der Waals surface area contributed by atoms with Crippen LogP contribution in [0.3, 0.4) is 0 Å². The fraction of sp³-hybridized carbons (Fsp3) is 0.500. The fourth-order valence-electron chi connectivity index (χ4n) is 4.65. The second-order valence-corrected chi connectivity index (χ2v) is 8.49. The number of aliphatic hydroxyl groups excluding tert-OH is 1. The fourth-order valence-corrected chi connectivity index (χ4v) is 4.65. The number of carbonyl (C=O) groups is 1. The monoisotopic (exact) mass is 426 g/mol. The van der Waals surface area contributed by atoms with Crippen molar-refractivity contribution in [2.45, 2.75) is 38.9 Å². The highest BCUT2D eigenvalue weighted by Crippen LogP contribution is 2.38. The van der Waals surface area contributed by atoms with Gasteiger partial charge in [0.15, 0.2) is 18.1 Å². The third-order valence-corrected chi connectivity index (χ3v) is 6.31. The smallest absolute Gasteiger partial charge is 0.260 e. The first-order valence-electron chi connectivity index (χ1n) is 10.8. The van der Waals surface area contributed by atoms with Crippen LogP contribution in [0.1, 0.15) is 24.2 Å². The average Bonchev–Trinajstić information content (AvgIpc) is 3.17.